The molecule has 0 saturated carbocycles. The summed E-state index contributed by atoms with van der Waals surface area (Å²) in [4.78, 5) is 14.8. The van der Waals surface area contributed by atoms with Crippen molar-refractivity contribution >= 4 is 12.0 Å². The number of amides is 1. The Kier molecular flexibility index (Phi) is 5.85. The molecular weight excluding hydrogens is 370 g/mol. The molecule has 0 spiro atoms. The fourth-order valence-electron chi connectivity index (χ4n) is 3.47. The molecule has 4 heteroatoms. The van der Waals surface area contributed by atoms with Crippen molar-refractivity contribution in [3.63, 3.8) is 0 Å². The number of carbonyl (C=O) groups excluding carboxylic acids is 1. The summed E-state index contributed by atoms with van der Waals surface area (Å²) in [7, 11) is 1.84. The zero-order valence-electron chi connectivity index (χ0n) is 16.8. The van der Waals surface area contributed by atoms with Crippen LogP contribution in [-0.2, 0) is 4.79 Å². The molecule has 1 heterocycles. The van der Waals surface area contributed by atoms with Crippen LogP contribution >= 0.6 is 0 Å². The molecule has 1 aromatic heterocycles. The van der Waals surface area contributed by atoms with Crippen LogP contribution in [0.25, 0.3) is 11.8 Å². The largest absolute Gasteiger partial charge is 0.331 e. The summed E-state index contributed by atoms with van der Waals surface area (Å²) in [6, 6.07) is 29.9. The van der Waals surface area contributed by atoms with Crippen molar-refractivity contribution in [3.05, 3.63) is 126 Å². The third kappa shape index (κ3) is 4.39. The minimum absolute atomic E-state index is 0.0693. The van der Waals surface area contributed by atoms with Crippen LogP contribution < -0.4 is 0 Å². The van der Waals surface area contributed by atoms with E-state index in [2.05, 4.69) is 29.4 Å². The molecule has 4 rings (SSSR count). The van der Waals surface area contributed by atoms with Gasteiger partial charge in [0.2, 0.25) is 5.91 Å². The molecule has 4 aromatic rings. The summed E-state index contributed by atoms with van der Waals surface area (Å²) < 4.78 is 1.80. The lowest BCUT2D eigenvalue weighted by molar-refractivity contribution is -0.126. The normalized spacial score (nSPS) is 11.1. The van der Waals surface area contributed by atoms with Crippen LogP contribution in [0.15, 0.2) is 109 Å². The number of carbonyl (C=O) groups is 1. The van der Waals surface area contributed by atoms with E-state index in [1.807, 2.05) is 80.0 Å². The van der Waals surface area contributed by atoms with E-state index in [1.54, 1.807) is 27.9 Å². The molecular formula is C26H23N3O. The Morgan fingerprint density at radius 3 is 1.97 bits per heavy atom. The van der Waals surface area contributed by atoms with Gasteiger partial charge in [-0.15, -0.1) is 0 Å². The summed E-state index contributed by atoms with van der Waals surface area (Å²) in [6.45, 7) is 0. The lowest BCUT2D eigenvalue weighted by Crippen LogP contribution is -2.30. The molecule has 0 N–H and O–H groups in total. The molecule has 0 atom stereocenters. The van der Waals surface area contributed by atoms with Gasteiger partial charge in [0, 0.05) is 24.9 Å². The quantitative estimate of drug-likeness (QED) is 0.426. The molecule has 0 radical (unpaired) electrons. The van der Waals surface area contributed by atoms with Crippen LogP contribution in [0.3, 0.4) is 0 Å². The highest BCUT2D eigenvalue weighted by Gasteiger charge is 2.21. The summed E-state index contributed by atoms with van der Waals surface area (Å²) in [5, 5.41) is 4.38. The monoisotopic (exact) mass is 393 g/mol. The minimum Gasteiger partial charge on any atom is -0.331 e. The first-order valence-electron chi connectivity index (χ1n) is 9.87. The number of aromatic nitrogens is 2. The smallest absolute Gasteiger partial charge is 0.247 e. The van der Waals surface area contributed by atoms with Gasteiger partial charge in [0.25, 0.3) is 0 Å². The Labute approximate surface area is 176 Å². The Morgan fingerprint density at radius 1 is 0.867 bits per heavy atom. The minimum atomic E-state index is -0.156. The highest BCUT2D eigenvalue weighted by Crippen LogP contribution is 2.27. The van der Waals surface area contributed by atoms with E-state index in [9.17, 15) is 4.79 Å². The van der Waals surface area contributed by atoms with E-state index in [1.165, 1.54) is 0 Å². The van der Waals surface area contributed by atoms with Gasteiger partial charge < -0.3 is 4.90 Å². The van der Waals surface area contributed by atoms with Gasteiger partial charge in [-0.25, -0.2) is 4.68 Å². The van der Waals surface area contributed by atoms with Crippen LogP contribution in [0.4, 0.5) is 0 Å². The maximum atomic E-state index is 13.0. The van der Waals surface area contributed by atoms with Crippen molar-refractivity contribution in [2.45, 2.75) is 6.04 Å². The van der Waals surface area contributed by atoms with Gasteiger partial charge >= 0.3 is 0 Å². The number of hydrogen-bond acceptors (Lipinski definition) is 2. The highest BCUT2D eigenvalue weighted by atomic mass is 16.2. The number of rotatable bonds is 6. The van der Waals surface area contributed by atoms with Crippen molar-refractivity contribution < 1.29 is 4.79 Å². The van der Waals surface area contributed by atoms with Gasteiger partial charge in [-0.2, -0.15) is 5.10 Å². The predicted molar refractivity (Wildman–Crippen MR) is 120 cm³/mol. The van der Waals surface area contributed by atoms with Crippen molar-refractivity contribution in [2.24, 2.45) is 0 Å². The lowest BCUT2D eigenvalue weighted by atomic mass is 9.97. The molecule has 0 aliphatic rings. The average Bonchev–Trinajstić information content (AvgIpc) is 3.29. The zero-order valence-corrected chi connectivity index (χ0v) is 16.8. The second-order valence-corrected chi connectivity index (χ2v) is 7.06. The molecule has 4 nitrogen and oxygen atoms in total. The number of benzene rings is 3. The van der Waals surface area contributed by atoms with Crippen LogP contribution in [0.1, 0.15) is 22.7 Å². The zero-order chi connectivity index (χ0) is 20.8. The van der Waals surface area contributed by atoms with Crippen molar-refractivity contribution in [3.8, 4) is 5.69 Å². The maximum Gasteiger partial charge on any atom is 0.247 e. The standard InChI is InChI=1S/C26H23N3O/c1-28(26(22-11-5-2-6-12-22)23-13-7-3-8-14-23)25(30)18-17-21-19-27-29(20-21)24-15-9-4-10-16-24/h2-20,26H,1H3/b18-17+. The number of para-hydroxylation sites is 1. The topological polar surface area (TPSA) is 38.1 Å². The first-order chi connectivity index (χ1) is 14.7. The molecule has 0 aliphatic heterocycles. The number of nitrogens with zero attached hydrogens (tertiary/aromatic N) is 3. The predicted octanol–water partition coefficient (Wildman–Crippen LogP) is 5.13. The van der Waals surface area contributed by atoms with Crippen molar-refractivity contribution in [1.82, 2.24) is 14.7 Å². The number of likely N-dealkylation sites (N-methyl/N-ethyl adjacent to an activating group) is 1. The van der Waals surface area contributed by atoms with Gasteiger partial charge in [0.15, 0.2) is 0 Å². The highest BCUT2D eigenvalue weighted by molar-refractivity contribution is 5.92. The summed E-state index contributed by atoms with van der Waals surface area (Å²) >= 11 is 0. The molecule has 30 heavy (non-hydrogen) atoms. The second kappa shape index (κ2) is 9.05. The van der Waals surface area contributed by atoms with Crippen molar-refractivity contribution in [2.75, 3.05) is 7.05 Å². The van der Waals surface area contributed by atoms with Gasteiger partial charge in [0.1, 0.15) is 0 Å². The van der Waals surface area contributed by atoms with E-state index in [0.29, 0.717) is 0 Å². The average molecular weight is 393 g/mol. The Hall–Kier alpha value is -3.92. The van der Waals surface area contributed by atoms with Gasteiger partial charge in [-0.1, -0.05) is 78.9 Å². The summed E-state index contributed by atoms with van der Waals surface area (Å²) in [5.41, 5.74) is 4.00. The van der Waals surface area contributed by atoms with Crippen LogP contribution in [-0.4, -0.2) is 27.6 Å². The number of hydrogen-bond donors (Lipinski definition) is 0. The van der Waals surface area contributed by atoms with Gasteiger partial charge in [-0.05, 0) is 29.3 Å². The summed E-state index contributed by atoms with van der Waals surface area (Å²) in [5.74, 6) is -0.0693. The van der Waals surface area contributed by atoms with Crippen molar-refractivity contribution in [1.29, 1.82) is 0 Å². The molecule has 0 aliphatic carbocycles. The molecule has 0 bridgehead atoms. The third-order valence-electron chi connectivity index (χ3n) is 5.01. The fourth-order valence-corrected chi connectivity index (χ4v) is 3.47. The molecule has 1 amide bonds. The Morgan fingerprint density at radius 2 is 1.40 bits per heavy atom. The molecule has 0 fully saturated rings. The third-order valence-corrected chi connectivity index (χ3v) is 5.01. The molecule has 3 aromatic carbocycles. The summed E-state index contributed by atoms with van der Waals surface area (Å²) in [6.07, 6.45) is 7.07. The van der Waals surface area contributed by atoms with E-state index in [4.69, 9.17) is 0 Å². The van der Waals surface area contributed by atoms with Crippen LogP contribution in [0, 0.1) is 0 Å². The Balaban J connectivity index is 1.55. The van der Waals surface area contributed by atoms with Crippen LogP contribution in [0.5, 0.6) is 0 Å². The Bertz CT molecular complexity index is 1080. The van der Waals surface area contributed by atoms with Crippen LogP contribution in [0.2, 0.25) is 0 Å². The van der Waals surface area contributed by atoms with Gasteiger partial charge in [0.05, 0.1) is 17.9 Å². The lowest BCUT2D eigenvalue weighted by Gasteiger charge is -2.28. The van der Waals surface area contributed by atoms with E-state index in [0.717, 1.165) is 22.4 Å². The van der Waals surface area contributed by atoms with Gasteiger partial charge in [-0.3, -0.25) is 4.79 Å². The first-order valence-corrected chi connectivity index (χ1v) is 9.87. The molecule has 0 saturated heterocycles. The maximum absolute atomic E-state index is 13.0. The van der Waals surface area contributed by atoms with E-state index >= 15 is 0 Å². The molecule has 0 unspecified atom stereocenters. The van der Waals surface area contributed by atoms with E-state index < -0.39 is 0 Å². The first kappa shape index (κ1) is 19.4. The SMILES string of the molecule is CN(C(=O)/C=C/c1cnn(-c2ccccc2)c1)C(c1ccccc1)c1ccccc1. The van der Waals surface area contributed by atoms with E-state index in [-0.39, 0.29) is 11.9 Å². The fraction of sp³-hybridized carbons (Fsp3) is 0.0769. The molecule has 148 valence electrons. The second-order valence-electron chi connectivity index (χ2n) is 7.06.